The fourth-order valence-corrected chi connectivity index (χ4v) is 9.11. The molecule has 10 aromatic carbocycles. The number of hydrogen-bond donors (Lipinski definition) is 0. The van der Waals surface area contributed by atoms with Crippen molar-refractivity contribution in [1.82, 2.24) is 9.97 Å². The van der Waals surface area contributed by atoms with Crippen LogP contribution in [0.3, 0.4) is 0 Å². The van der Waals surface area contributed by atoms with Gasteiger partial charge in [0.25, 0.3) is 0 Å². The zero-order valence-electron chi connectivity index (χ0n) is 36.3. The van der Waals surface area contributed by atoms with Gasteiger partial charge in [0.2, 0.25) is 0 Å². The van der Waals surface area contributed by atoms with Gasteiger partial charge in [0, 0.05) is 16.7 Å². The van der Waals surface area contributed by atoms with Crippen molar-refractivity contribution in [3.8, 4) is 112 Å². The summed E-state index contributed by atoms with van der Waals surface area (Å²) in [4.78, 5) is 10.6. The van der Waals surface area contributed by atoms with Crippen LogP contribution in [-0.2, 0) is 0 Å². The van der Waals surface area contributed by atoms with E-state index in [2.05, 4.69) is 261 Å². The van der Waals surface area contributed by atoms with E-state index < -0.39 is 0 Å². The van der Waals surface area contributed by atoms with E-state index in [4.69, 9.17) is 9.97 Å². The third kappa shape index (κ3) is 8.16. The Balaban J connectivity index is 1.10. The summed E-state index contributed by atoms with van der Waals surface area (Å²) < 4.78 is 0. The first kappa shape index (κ1) is 40.1. The smallest absolute Gasteiger partial charge is 0.160 e. The Morgan fingerprint density at radius 2 is 0.500 bits per heavy atom. The Morgan fingerprint density at radius 3 is 0.970 bits per heavy atom. The average Bonchev–Trinajstić information content (AvgIpc) is 3.42. The third-order valence-corrected chi connectivity index (χ3v) is 12.3. The largest absolute Gasteiger partial charge is 0.228 e. The van der Waals surface area contributed by atoms with Crippen molar-refractivity contribution in [1.29, 1.82) is 0 Å². The van der Waals surface area contributed by atoms with E-state index >= 15 is 0 Å². The molecule has 1 heterocycles. The molecule has 0 radical (unpaired) electrons. The molecule has 0 fully saturated rings. The lowest BCUT2D eigenvalue weighted by atomic mass is 9.79. The molecular formula is C64H44N2. The lowest BCUT2D eigenvalue weighted by molar-refractivity contribution is 1.18. The van der Waals surface area contributed by atoms with Crippen LogP contribution in [0.25, 0.3) is 112 Å². The van der Waals surface area contributed by atoms with E-state index in [-0.39, 0.29) is 0 Å². The quantitative estimate of drug-likeness (QED) is 0.137. The molecule has 0 saturated heterocycles. The fraction of sp³-hybridized carbons (Fsp3) is 0. The van der Waals surface area contributed by atoms with E-state index in [1.807, 2.05) is 6.07 Å². The summed E-state index contributed by atoms with van der Waals surface area (Å²) in [7, 11) is 0. The summed E-state index contributed by atoms with van der Waals surface area (Å²) in [6, 6.07) is 95.0. The molecule has 310 valence electrons. The number of hydrogen-bond acceptors (Lipinski definition) is 2. The summed E-state index contributed by atoms with van der Waals surface area (Å²) in [5.41, 5.74) is 21.0. The van der Waals surface area contributed by atoms with Crippen molar-refractivity contribution in [2.24, 2.45) is 0 Å². The topological polar surface area (TPSA) is 25.8 Å². The van der Waals surface area contributed by atoms with E-state index in [0.717, 1.165) is 67.0 Å². The van der Waals surface area contributed by atoms with Gasteiger partial charge in [-0.05, 0) is 102 Å². The molecule has 0 unspecified atom stereocenters. The van der Waals surface area contributed by atoms with Gasteiger partial charge in [-0.3, -0.25) is 0 Å². The molecule has 0 amide bonds. The van der Waals surface area contributed by atoms with Gasteiger partial charge >= 0.3 is 0 Å². The molecule has 11 aromatic rings. The summed E-state index contributed by atoms with van der Waals surface area (Å²) in [5.74, 6) is 0.678. The molecule has 2 heteroatoms. The van der Waals surface area contributed by atoms with Gasteiger partial charge in [-0.15, -0.1) is 0 Å². The van der Waals surface area contributed by atoms with Crippen molar-refractivity contribution >= 4 is 0 Å². The fourth-order valence-electron chi connectivity index (χ4n) is 9.11. The molecule has 0 saturated carbocycles. The highest BCUT2D eigenvalue weighted by molar-refractivity contribution is 6.07. The Labute approximate surface area is 386 Å². The van der Waals surface area contributed by atoms with Crippen molar-refractivity contribution in [2.75, 3.05) is 0 Å². The Hall–Kier alpha value is -8.72. The molecule has 66 heavy (non-hydrogen) atoms. The van der Waals surface area contributed by atoms with Crippen LogP contribution in [0, 0.1) is 0 Å². The van der Waals surface area contributed by atoms with Crippen LogP contribution in [0.2, 0.25) is 0 Å². The van der Waals surface area contributed by atoms with Crippen molar-refractivity contribution in [3.63, 3.8) is 0 Å². The van der Waals surface area contributed by atoms with Crippen molar-refractivity contribution in [3.05, 3.63) is 267 Å². The minimum Gasteiger partial charge on any atom is -0.228 e. The van der Waals surface area contributed by atoms with Crippen molar-refractivity contribution < 1.29 is 0 Å². The maximum atomic E-state index is 5.32. The molecule has 0 bridgehead atoms. The van der Waals surface area contributed by atoms with Crippen LogP contribution >= 0.6 is 0 Å². The first-order valence-electron chi connectivity index (χ1n) is 22.5. The summed E-state index contributed by atoms with van der Waals surface area (Å²) >= 11 is 0. The highest BCUT2D eigenvalue weighted by Gasteiger charge is 2.24. The molecule has 2 nitrogen and oxygen atoms in total. The van der Waals surface area contributed by atoms with Crippen molar-refractivity contribution in [2.45, 2.75) is 0 Å². The molecule has 0 aliphatic heterocycles. The Morgan fingerprint density at radius 1 is 0.182 bits per heavy atom. The third-order valence-electron chi connectivity index (χ3n) is 12.3. The van der Waals surface area contributed by atoms with Crippen LogP contribution in [0.5, 0.6) is 0 Å². The van der Waals surface area contributed by atoms with E-state index in [1.165, 1.54) is 38.9 Å². The van der Waals surface area contributed by atoms with E-state index in [9.17, 15) is 0 Å². The van der Waals surface area contributed by atoms with Gasteiger partial charge < -0.3 is 0 Å². The van der Waals surface area contributed by atoms with Gasteiger partial charge in [0.05, 0.1) is 11.4 Å². The second-order valence-electron chi connectivity index (χ2n) is 16.5. The zero-order chi connectivity index (χ0) is 44.1. The molecule has 1 aromatic heterocycles. The normalized spacial score (nSPS) is 11.0. The second-order valence-corrected chi connectivity index (χ2v) is 16.5. The molecular weight excluding hydrogens is 797 g/mol. The summed E-state index contributed by atoms with van der Waals surface area (Å²) in [6.07, 6.45) is 0. The van der Waals surface area contributed by atoms with Gasteiger partial charge in [-0.1, -0.05) is 243 Å². The van der Waals surface area contributed by atoms with Crippen LogP contribution in [-0.4, -0.2) is 9.97 Å². The number of nitrogens with zero attached hydrogens (tertiary/aromatic N) is 2. The average molecular weight is 841 g/mol. The van der Waals surface area contributed by atoms with Gasteiger partial charge in [0.1, 0.15) is 0 Å². The maximum Gasteiger partial charge on any atom is 0.160 e. The van der Waals surface area contributed by atoms with Crippen LogP contribution in [0.4, 0.5) is 0 Å². The Kier molecular flexibility index (Phi) is 11.0. The van der Waals surface area contributed by atoms with Crippen LogP contribution < -0.4 is 0 Å². The summed E-state index contributed by atoms with van der Waals surface area (Å²) in [6.45, 7) is 0. The monoisotopic (exact) mass is 840 g/mol. The molecule has 0 atom stereocenters. The summed E-state index contributed by atoms with van der Waals surface area (Å²) in [5, 5.41) is 0. The highest BCUT2D eigenvalue weighted by atomic mass is 14.9. The number of rotatable bonds is 10. The number of benzene rings is 10. The van der Waals surface area contributed by atoms with Gasteiger partial charge in [0.15, 0.2) is 5.82 Å². The predicted molar refractivity (Wildman–Crippen MR) is 276 cm³/mol. The van der Waals surface area contributed by atoms with Crippen LogP contribution in [0.15, 0.2) is 267 Å². The predicted octanol–water partition coefficient (Wildman–Crippen LogP) is 17.1. The molecule has 0 aliphatic rings. The first-order valence-corrected chi connectivity index (χ1v) is 22.5. The first-order chi connectivity index (χ1) is 32.7. The van der Waals surface area contributed by atoms with E-state index in [1.54, 1.807) is 0 Å². The van der Waals surface area contributed by atoms with Gasteiger partial charge in [-0.2, -0.15) is 0 Å². The lowest BCUT2D eigenvalue weighted by Crippen LogP contribution is -1.98. The molecule has 0 N–H and O–H groups in total. The highest BCUT2D eigenvalue weighted by Crippen LogP contribution is 2.50. The van der Waals surface area contributed by atoms with Crippen LogP contribution in [0.1, 0.15) is 0 Å². The minimum atomic E-state index is 0.678. The zero-order valence-corrected chi connectivity index (χ0v) is 36.3. The van der Waals surface area contributed by atoms with Gasteiger partial charge in [-0.25, -0.2) is 9.97 Å². The maximum absolute atomic E-state index is 5.32. The Bertz CT molecular complexity index is 3300. The standard InChI is InChI=1S/C64H44N2/c1-7-21-45(22-8-1)53-33-19-35-55(41-53)60-44-59(65-64(66-60)56-36-20-34-54(42-56)46-23-9-2-10-24-46)49-39-37-48(38-40-49)58-43-57(47-25-11-3-12-26-47)61(50-27-13-4-14-28-50)63(52-31-17-6-18-32-52)62(58)51-29-15-5-16-30-51/h1-44H. The number of aromatic nitrogens is 2. The molecule has 11 rings (SSSR count). The second kappa shape index (κ2) is 18.2. The molecule has 0 aliphatic carbocycles. The van der Waals surface area contributed by atoms with E-state index in [0.29, 0.717) is 5.82 Å². The SMILES string of the molecule is c1ccc(-c2cccc(-c3cc(-c4ccc(-c5cc(-c6ccccc6)c(-c6ccccc6)c(-c6ccccc6)c5-c5ccccc5)cc4)nc(-c4cccc(-c5ccccc5)c4)n3)c2)cc1. The minimum absolute atomic E-state index is 0.678. The lowest BCUT2D eigenvalue weighted by Gasteiger charge is -2.24. The molecule has 0 spiro atoms.